The predicted molar refractivity (Wildman–Crippen MR) is 60.1 cm³/mol. The van der Waals surface area contributed by atoms with Crippen molar-refractivity contribution < 1.29 is 0 Å². The van der Waals surface area contributed by atoms with Crippen LogP contribution < -0.4 is 0 Å². The number of rotatable bonds is 3. The molecule has 1 nitrogen and oxygen atoms in total. The molecule has 2 aromatic rings. The molecule has 0 bridgehead atoms. The maximum absolute atomic E-state index is 3.77. The molecular formula is C13H13N. The molecule has 0 spiro atoms. The van der Waals surface area contributed by atoms with E-state index in [0.29, 0.717) is 0 Å². The second-order valence-electron chi connectivity index (χ2n) is 3.23. The molecule has 1 aromatic carbocycles. The van der Waals surface area contributed by atoms with Crippen LogP contribution in [0.5, 0.6) is 0 Å². The van der Waals surface area contributed by atoms with Crippen molar-refractivity contribution in [3.05, 3.63) is 60.8 Å². The maximum Gasteiger partial charge on any atom is 0.0456 e. The minimum atomic E-state index is 0.912. The lowest BCUT2D eigenvalue weighted by Gasteiger charge is -2.05. The molecular weight excluding hydrogens is 170 g/mol. The number of hydrogen-bond acceptors (Lipinski definition) is 0. The Morgan fingerprint density at radius 3 is 2.71 bits per heavy atom. The van der Waals surface area contributed by atoms with Gasteiger partial charge in [-0.1, -0.05) is 30.3 Å². The van der Waals surface area contributed by atoms with Crippen LogP contribution >= 0.6 is 0 Å². The topological polar surface area (TPSA) is 15.8 Å². The van der Waals surface area contributed by atoms with Crippen molar-refractivity contribution in [1.82, 2.24) is 4.98 Å². The van der Waals surface area contributed by atoms with Crippen molar-refractivity contribution in [2.45, 2.75) is 6.42 Å². The van der Waals surface area contributed by atoms with E-state index < -0.39 is 0 Å². The minimum absolute atomic E-state index is 0.912. The van der Waals surface area contributed by atoms with E-state index in [0.717, 1.165) is 6.42 Å². The summed E-state index contributed by atoms with van der Waals surface area (Å²) in [7, 11) is 0. The molecule has 0 amide bonds. The highest BCUT2D eigenvalue weighted by Crippen LogP contribution is 2.22. The van der Waals surface area contributed by atoms with E-state index in [1.165, 1.54) is 16.8 Å². The third-order valence-electron chi connectivity index (χ3n) is 2.27. The van der Waals surface area contributed by atoms with Crippen molar-refractivity contribution in [2.24, 2.45) is 0 Å². The molecule has 0 unspecified atom stereocenters. The Balaban J connectivity index is 2.46. The molecule has 0 aliphatic heterocycles. The number of nitrogens with one attached hydrogen (secondary N) is 1. The van der Waals surface area contributed by atoms with Gasteiger partial charge in [-0.05, 0) is 24.1 Å². The zero-order chi connectivity index (χ0) is 9.80. The minimum Gasteiger partial charge on any atom is -0.361 e. The largest absolute Gasteiger partial charge is 0.361 e. The van der Waals surface area contributed by atoms with Crippen LogP contribution in [0.2, 0.25) is 0 Å². The molecule has 14 heavy (non-hydrogen) atoms. The first kappa shape index (κ1) is 8.82. The van der Waals surface area contributed by atoms with Gasteiger partial charge in [0, 0.05) is 17.5 Å². The molecule has 0 aliphatic rings. The highest BCUT2D eigenvalue weighted by atomic mass is 14.7. The summed E-state index contributed by atoms with van der Waals surface area (Å²) in [6, 6.07) is 12.5. The average Bonchev–Trinajstić information content (AvgIpc) is 2.72. The Morgan fingerprint density at radius 1 is 1.14 bits per heavy atom. The molecule has 1 heterocycles. The van der Waals surface area contributed by atoms with E-state index in [1.807, 2.05) is 18.3 Å². The fourth-order valence-corrected chi connectivity index (χ4v) is 1.61. The Hall–Kier alpha value is -1.76. The summed E-state index contributed by atoms with van der Waals surface area (Å²) < 4.78 is 0. The summed E-state index contributed by atoms with van der Waals surface area (Å²) in [5, 5.41) is 0. The summed E-state index contributed by atoms with van der Waals surface area (Å²) in [6.45, 7) is 3.77. The Labute approximate surface area is 84.1 Å². The number of benzene rings is 1. The lowest BCUT2D eigenvalue weighted by Crippen LogP contribution is -1.87. The molecule has 0 saturated carbocycles. The van der Waals surface area contributed by atoms with Crippen molar-refractivity contribution >= 4 is 0 Å². The molecule has 0 aliphatic carbocycles. The highest BCUT2D eigenvalue weighted by molar-refractivity contribution is 5.64. The van der Waals surface area contributed by atoms with Crippen LogP contribution in [0.15, 0.2) is 55.3 Å². The second-order valence-corrected chi connectivity index (χ2v) is 3.23. The van der Waals surface area contributed by atoms with Gasteiger partial charge in [-0.15, -0.1) is 6.58 Å². The zero-order valence-electron chi connectivity index (χ0n) is 8.03. The van der Waals surface area contributed by atoms with Crippen molar-refractivity contribution in [1.29, 1.82) is 0 Å². The monoisotopic (exact) mass is 183 g/mol. The van der Waals surface area contributed by atoms with Gasteiger partial charge in [0.05, 0.1) is 0 Å². The molecule has 70 valence electrons. The molecule has 1 N–H and O–H groups in total. The molecule has 0 saturated heterocycles. The normalized spacial score (nSPS) is 10.0. The van der Waals surface area contributed by atoms with Gasteiger partial charge in [-0.25, -0.2) is 0 Å². The molecule has 0 radical (unpaired) electrons. The van der Waals surface area contributed by atoms with E-state index in [2.05, 4.69) is 41.9 Å². The van der Waals surface area contributed by atoms with Crippen LogP contribution in [-0.2, 0) is 6.42 Å². The van der Waals surface area contributed by atoms with E-state index in [4.69, 9.17) is 0 Å². The smallest absolute Gasteiger partial charge is 0.0456 e. The van der Waals surface area contributed by atoms with Gasteiger partial charge in [0.15, 0.2) is 0 Å². The number of aromatic amines is 1. The molecule has 2 rings (SSSR count). The quantitative estimate of drug-likeness (QED) is 0.702. The third-order valence-corrected chi connectivity index (χ3v) is 2.27. The summed E-state index contributed by atoms with van der Waals surface area (Å²) in [5.41, 5.74) is 3.74. The summed E-state index contributed by atoms with van der Waals surface area (Å²) in [4.78, 5) is 3.22. The lowest BCUT2D eigenvalue weighted by atomic mass is 10.0. The van der Waals surface area contributed by atoms with Crippen LogP contribution in [0.4, 0.5) is 0 Å². The van der Waals surface area contributed by atoms with Gasteiger partial charge in [0.25, 0.3) is 0 Å². The molecule has 0 atom stereocenters. The Bertz CT molecular complexity index is 413. The van der Waals surface area contributed by atoms with Crippen LogP contribution in [0.25, 0.3) is 11.3 Å². The van der Waals surface area contributed by atoms with Crippen LogP contribution in [0.1, 0.15) is 5.56 Å². The number of H-pyrrole nitrogens is 1. The molecule has 1 heteroatoms. The Morgan fingerprint density at radius 2 is 2.00 bits per heavy atom. The Kier molecular flexibility index (Phi) is 2.50. The summed E-state index contributed by atoms with van der Waals surface area (Å²) in [6.07, 6.45) is 4.79. The van der Waals surface area contributed by atoms with Gasteiger partial charge in [0.2, 0.25) is 0 Å². The number of allylic oxidation sites excluding steroid dienone is 1. The highest BCUT2D eigenvalue weighted by Gasteiger charge is 2.02. The first-order chi connectivity index (χ1) is 6.92. The third kappa shape index (κ3) is 1.62. The fourth-order valence-electron chi connectivity index (χ4n) is 1.61. The predicted octanol–water partition coefficient (Wildman–Crippen LogP) is 3.41. The van der Waals surface area contributed by atoms with Crippen LogP contribution in [0, 0.1) is 0 Å². The van der Waals surface area contributed by atoms with Gasteiger partial charge < -0.3 is 4.98 Å². The fraction of sp³-hybridized carbons (Fsp3) is 0.0769. The molecule has 1 aromatic heterocycles. The standard InChI is InChI=1S/C13H13N/c1-2-6-11-7-3-4-8-12(11)13-9-5-10-14-13/h2-5,7-10,14H,1,6H2. The van der Waals surface area contributed by atoms with Gasteiger partial charge in [-0.2, -0.15) is 0 Å². The number of aromatic nitrogens is 1. The van der Waals surface area contributed by atoms with Crippen molar-refractivity contribution in [3.8, 4) is 11.3 Å². The lowest BCUT2D eigenvalue weighted by molar-refractivity contribution is 1.26. The average molecular weight is 183 g/mol. The van der Waals surface area contributed by atoms with Crippen LogP contribution in [-0.4, -0.2) is 4.98 Å². The van der Waals surface area contributed by atoms with E-state index in [1.54, 1.807) is 0 Å². The number of hydrogen-bond donors (Lipinski definition) is 1. The first-order valence-corrected chi connectivity index (χ1v) is 4.74. The summed E-state index contributed by atoms with van der Waals surface area (Å²) >= 11 is 0. The maximum atomic E-state index is 3.77. The molecule has 0 fully saturated rings. The van der Waals surface area contributed by atoms with E-state index >= 15 is 0 Å². The van der Waals surface area contributed by atoms with Gasteiger partial charge in [-0.3, -0.25) is 0 Å². The van der Waals surface area contributed by atoms with Gasteiger partial charge in [0.1, 0.15) is 0 Å². The van der Waals surface area contributed by atoms with Gasteiger partial charge >= 0.3 is 0 Å². The van der Waals surface area contributed by atoms with Crippen molar-refractivity contribution in [3.63, 3.8) is 0 Å². The van der Waals surface area contributed by atoms with Crippen LogP contribution in [0.3, 0.4) is 0 Å². The van der Waals surface area contributed by atoms with E-state index in [-0.39, 0.29) is 0 Å². The second kappa shape index (κ2) is 3.97. The summed E-state index contributed by atoms with van der Waals surface area (Å²) in [5.74, 6) is 0. The first-order valence-electron chi connectivity index (χ1n) is 4.74. The van der Waals surface area contributed by atoms with E-state index in [9.17, 15) is 0 Å². The zero-order valence-corrected chi connectivity index (χ0v) is 8.03. The van der Waals surface area contributed by atoms with Crippen molar-refractivity contribution in [2.75, 3.05) is 0 Å². The SMILES string of the molecule is C=CCc1ccccc1-c1ccc[nH]1.